The summed E-state index contributed by atoms with van der Waals surface area (Å²) in [5, 5.41) is 0. The van der Waals surface area contributed by atoms with Crippen LogP contribution in [0.25, 0.3) is 0 Å². The van der Waals surface area contributed by atoms with E-state index in [1.807, 2.05) is 18.2 Å². The number of fused-ring (bicyclic) bond motifs is 6. The second-order valence-electron chi connectivity index (χ2n) is 8.35. The number of carbonyl (C=O) groups is 2. The number of hydrogen-bond acceptors (Lipinski definition) is 4. The zero-order valence-electron chi connectivity index (χ0n) is 15.8. The van der Waals surface area contributed by atoms with Crippen molar-refractivity contribution in [1.29, 1.82) is 0 Å². The lowest BCUT2D eigenvalue weighted by Crippen LogP contribution is -2.43. The van der Waals surface area contributed by atoms with E-state index in [2.05, 4.69) is 24.3 Å². The quantitative estimate of drug-likeness (QED) is 0.763. The van der Waals surface area contributed by atoms with Crippen LogP contribution in [0, 0.1) is 11.3 Å². The van der Waals surface area contributed by atoms with Gasteiger partial charge in [-0.3, -0.25) is 9.59 Å². The maximum Gasteiger partial charge on any atom is 0.186 e. The summed E-state index contributed by atoms with van der Waals surface area (Å²) in [5.41, 5.74) is 3.18. The Balaban J connectivity index is 1.79. The summed E-state index contributed by atoms with van der Waals surface area (Å²) in [6, 6.07) is 8.33. The zero-order chi connectivity index (χ0) is 19.3. The van der Waals surface area contributed by atoms with E-state index in [9.17, 15) is 9.59 Å². The number of carbonyl (C=O) groups excluding carboxylic acids is 2. The van der Waals surface area contributed by atoms with Crippen LogP contribution in [0.4, 0.5) is 0 Å². The van der Waals surface area contributed by atoms with Crippen LogP contribution >= 0.6 is 0 Å². The van der Waals surface area contributed by atoms with Gasteiger partial charge in [-0.25, -0.2) is 0 Å². The first kappa shape index (κ1) is 16.4. The molecule has 4 heteroatoms. The van der Waals surface area contributed by atoms with Crippen molar-refractivity contribution in [2.45, 2.75) is 10.8 Å². The van der Waals surface area contributed by atoms with Gasteiger partial charge in [0.25, 0.3) is 0 Å². The Morgan fingerprint density at radius 2 is 1.68 bits per heavy atom. The first-order valence-electron chi connectivity index (χ1n) is 9.61. The summed E-state index contributed by atoms with van der Waals surface area (Å²) >= 11 is 0. The molecule has 0 aliphatic heterocycles. The average molecular weight is 372 g/mol. The summed E-state index contributed by atoms with van der Waals surface area (Å²) in [7, 11) is 3.40. The van der Waals surface area contributed by atoms with Gasteiger partial charge >= 0.3 is 0 Å². The van der Waals surface area contributed by atoms with E-state index >= 15 is 0 Å². The monoisotopic (exact) mass is 372 g/mol. The van der Waals surface area contributed by atoms with Gasteiger partial charge in [-0.15, -0.1) is 0 Å². The summed E-state index contributed by atoms with van der Waals surface area (Å²) in [6.45, 7) is 0.904. The third-order valence-electron chi connectivity index (χ3n) is 7.71. The van der Waals surface area contributed by atoms with Gasteiger partial charge in [0.1, 0.15) is 0 Å². The molecule has 140 valence electrons. The molecule has 4 atom stereocenters. The third kappa shape index (κ3) is 1.30. The molecule has 0 radical (unpaired) electrons. The van der Waals surface area contributed by atoms with Crippen LogP contribution in [0.15, 0.2) is 71.4 Å². The van der Waals surface area contributed by atoms with E-state index in [0.29, 0.717) is 24.4 Å². The lowest BCUT2D eigenvalue weighted by Gasteiger charge is -2.38. The number of benzene rings is 1. The fraction of sp³-hybridized carbons (Fsp3) is 0.333. The third-order valence-corrected chi connectivity index (χ3v) is 7.71. The topological polar surface area (TPSA) is 52.6 Å². The van der Waals surface area contributed by atoms with Crippen molar-refractivity contribution >= 4 is 11.6 Å². The molecule has 0 heterocycles. The van der Waals surface area contributed by atoms with Gasteiger partial charge in [0.05, 0.1) is 18.6 Å². The Morgan fingerprint density at radius 1 is 0.964 bits per heavy atom. The standard InChI is InChI=1S/C24H20O4/c1-27-12-22-14-6-3-4-7-15(14)23(13-28-2)21-18(26)11-10-17(25)20(21)16-8-5-9-19(22)24(16,22)23/h3-11,19H,12-13H2,1-2H3. The Kier molecular flexibility index (Phi) is 2.86. The van der Waals surface area contributed by atoms with Crippen LogP contribution in [0.2, 0.25) is 0 Å². The van der Waals surface area contributed by atoms with Gasteiger partial charge in [-0.1, -0.05) is 42.5 Å². The number of rotatable bonds is 4. The molecular formula is C24H20O4. The Morgan fingerprint density at radius 3 is 2.43 bits per heavy atom. The summed E-state index contributed by atoms with van der Waals surface area (Å²) in [4.78, 5) is 26.2. The van der Waals surface area contributed by atoms with Crippen molar-refractivity contribution in [3.63, 3.8) is 0 Å². The van der Waals surface area contributed by atoms with Crippen LogP contribution in [-0.2, 0) is 29.9 Å². The molecule has 0 amide bonds. The fourth-order valence-corrected chi connectivity index (χ4v) is 7.25. The van der Waals surface area contributed by atoms with Crippen molar-refractivity contribution < 1.29 is 19.1 Å². The molecule has 0 N–H and O–H groups in total. The first-order chi connectivity index (χ1) is 13.6. The van der Waals surface area contributed by atoms with Crippen LogP contribution in [0.5, 0.6) is 0 Å². The van der Waals surface area contributed by atoms with E-state index in [0.717, 1.165) is 11.1 Å². The number of allylic oxidation sites excluding steroid dienone is 7. The highest BCUT2D eigenvalue weighted by molar-refractivity contribution is 6.25. The molecule has 1 spiro atoms. The molecule has 0 saturated heterocycles. The Labute approximate surface area is 163 Å². The molecule has 4 nitrogen and oxygen atoms in total. The van der Waals surface area contributed by atoms with E-state index in [1.165, 1.54) is 17.7 Å². The number of methoxy groups -OCH3 is 2. The molecule has 4 unspecified atom stereocenters. The number of ketones is 2. The molecule has 5 aliphatic carbocycles. The van der Waals surface area contributed by atoms with Gasteiger partial charge in [-0.2, -0.15) is 0 Å². The summed E-state index contributed by atoms with van der Waals surface area (Å²) in [6.07, 6.45) is 9.14. The SMILES string of the molecule is COCC12C3=C(C(=O)C=CC3=O)C3=CC=CC4C(COC)(c5ccccc51)C342. The van der Waals surface area contributed by atoms with E-state index < -0.39 is 10.8 Å². The first-order valence-corrected chi connectivity index (χ1v) is 9.61. The van der Waals surface area contributed by atoms with Crippen LogP contribution in [0.1, 0.15) is 11.1 Å². The number of ether oxygens (including phenoxy) is 2. The van der Waals surface area contributed by atoms with Crippen LogP contribution in [0.3, 0.4) is 0 Å². The molecule has 28 heavy (non-hydrogen) atoms. The van der Waals surface area contributed by atoms with Gasteiger partial charge in [0, 0.05) is 42.1 Å². The molecular weight excluding hydrogens is 352 g/mol. The second kappa shape index (κ2) is 4.88. The molecule has 0 aromatic heterocycles. The van der Waals surface area contributed by atoms with Gasteiger partial charge in [0.15, 0.2) is 11.6 Å². The van der Waals surface area contributed by atoms with E-state index in [1.54, 1.807) is 14.2 Å². The van der Waals surface area contributed by atoms with Crippen molar-refractivity contribution in [3.8, 4) is 0 Å². The zero-order valence-corrected chi connectivity index (χ0v) is 15.8. The Bertz CT molecular complexity index is 1100. The second-order valence-corrected chi connectivity index (χ2v) is 8.35. The van der Waals surface area contributed by atoms with Gasteiger partial charge in [-0.05, 0) is 28.9 Å². The molecule has 1 fully saturated rings. The minimum Gasteiger partial charge on any atom is -0.384 e. The number of hydrogen-bond donors (Lipinski definition) is 0. The average Bonchev–Trinajstić information content (AvgIpc) is 3.13. The molecule has 0 bridgehead atoms. The summed E-state index contributed by atoms with van der Waals surface area (Å²) < 4.78 is 11.5. The maximum absolute atomic E-state index is 13.2. The maximum atomic E-state index is 13.2. The molecule has 6 rings (SSSR count). The molecule has 5 aliphatic rings. The molecule has 1 aromatic rings. The van der Waals surface area contributed by atoms with E-state index in [4.69, 9.17) is 9.47 Å². The predicted octanol–water partition coefficient (Wildman–Crippen LogP) is 2.60. The predicted molar refractivity (Wildman–Crippen MR) is 103 cm³/mol. The van der Waals surface area contributed by atoms with Crippen molar-refractivity contribution in [1.82, 2.24) is 0 Å². The lowest BCUT2D eigenvalue weighted by atomic mass is 9.65. The van der Waals surface area contributed by atoms with Gasteiger partial charge in [0.2, 0.25) is 0 Å². The fourth-order valence-electron chi connectivity index (χ4n) is 7.25. The highest BCUT2D eigenvalue weighted by Crippen LogP contribution is 2.90. The minimum absolute atomic E-state index is 0.0787. The van der Waals surface area contributed by atoms with Crippen LogP contribution in [-0.4, -0.2) is 39.0 Å². The molecule has 1 aromatic carbocycles. The summed E-state index contributed by atoms with van der Waals surface area (Å²) in [5.74, 6) is 0.0195. The van der Waals surface area contributed by atoms with Gasteiger partial charge < -0.3 is 9.47 Å². The largest absolute Gasteiger partial charge is 0.384 e. The lowest BCUT2D eigenvalue weighted by molar-refractivity contribution is -0.115. The Hall–Kier alpha value is -2.56. The van der Waals surface area contributed by atoms with Crippen molar-refractivity contribution in [2.75, 3.05) is 27.4 Å². The highest BCUT2D eigenvalue weighted by Gasteiger charge is 2.92. The normalized spacial score (nSPS) is 38.2. The highest BCUT2D eigenvalue weighted by atomic mass is 16.5. The van der Waals surface area contributed by atoms with Crippen molar-refractivity contribution in [2.24, 2.45) is 11.3 Å². The van der Waals surface area contributed by atoms with Crippen molar-refractivity contribution in [3.05, 3.63) is 82.5 Å². The van der Waals surface area contributed by atoms with Crippen LogP contribution < -0.4 is 0 Å². The van der Waals surface area contributed by atoms with E-state index in [-0.39, 0.29) is 22.9 Å². The smallest absolute Gasteiger partial charge is 0.186 e. The minimum atomic E-state index is -0.662. The molecule has 1 saturated carbocycles.